The largest absolute Gasteiger partial charge is 0.390 e. The van der Waals surface area contributed by atoms with Crippen molar-refractivity contribution in [2.45, 2.75) is 32.3 Å². The van der Waals surface area contributed by atoms with Crippen LogP contribution in [0.2, 0.25) is 0 Å². The number of rotatable bonds is 3. The Morgan fingerprint density at radius 3 is 2.76 bits per heavy atom. The van der Waals surface area contributed by atoms with Crippen molar-refractivity contribution >= 4 is 0 Å². The lowest BCUT2D eigenvalue weighted by Crippen LogP contribution is -2.04. The molecular formula is C13H15N3O. The molecule has 3 rings (SSSR count). The molecule has 0 aliphatic heterocycles. The van der Waals surface area contributed by atoms with Crippen molar-refractivity contribution < 1.29 is 5.11 Å². The lowest BCUT2D eigenvalue weighted by atomic mass is 10.1. The number of hydrogen-bond donors (Lipinski definition) is 1. The first-order valence-corrected chi connectivity index (χ1v) is 5.92. The zero-order chi connectivity index (χ0) is 11.8. The lowest BCUT2D eigenvalue weighted by molar-refractivity contribution is 0.275. The van der Waals surface area contributed by atoms with Gasteiger partial charge in [0.25, 0.3) is 0 Å². The molecule has 0 unspecified atom stereocenters. The Bertz CT molecular complexity index is 543. The van der Waals surface area contributed by atoms with E-state index in [4.69, 9.17) is 0 Å². The van der Waals surface area contributed by atoms with Gasteiger partial charge in [-0.25, -0.2) is 4.68 Å². The van der Waals surface area contributed by atoms with E-state index in [-0.39, 0.29) is 6.61 Å². The SMILES string of the molecule is Cc1ccccc1-n1nnc(CO)c1C1CC1. The number of aryl methyl sites for hydroxylation is 1. The van der Waals surface area contributed by atoms with Crippen LogP contribution in [0.15, 0.2) is 24.3 Å². The molecule has 2 aromatic rings. The molecule has 0 atom stereocenters. The number of aliphatic hydroxyl groups is 1. The van der Waals surface area contributed by atoms with E-state index >= 15 is 0 Å². The van der Waals surface area contributed by atoms with E-state index in [0.717, 1.165) is 17.1 Å². The minimum atomic E-state index is -0.0300. The van der Waals surface area contributed by atoms with Gasteiger partial charge in [0.05, 0.1) is 18.0 Å². The van der Waals surface area contributed by atoms with Crippen LogP contribution in [-0.2, 0) is 6.61 Å². The highest BCUT2D eigenvalue weighted by Crippen LogP contribution is 2.42. The summed E-state index contributed by atoms with van der Waals surface area (Å²) >= 11 is 0. The predicted molar refractivity (Wildman–Crippen MR) is 64.0 cm³/mol. The van der Waals surface area contributed by atoms with Gasteiger partial charge >= 0.3 is 0 Å². The van der Waals surface area contributed by atoms with Crippen LogP contribution in [0, 0.1) is 6.92 Å². The minimum Gasteiger partial charge on any atom is -0.390 e. The predicted octanol–water partition coefficient (Wildman–Crippen LogP) is 1.95. The summed E-state index contributed by atoms with van der Waals surface area (Å²) in [7, 11) is 0. The van der Waals surface area contributed by atoms with E-state index in [9.17, 15) is 5.11 Å². The molecule has 4 nitrogen and oxygen atoms in total. The van der Waals surface area contributed by atoms with Crippen molar-refractivity contribution in [1.82, 2.24) is 15.0 Å². The van der Waals surface area contributed by atoms with E-state index in [2.05, 4.69) is 23.3 Å². The molecule has 1 N–H and O–H groups in total. The summed E-state index contributed by atoms with van der Waals surface area (Å²) in [4.78, 5) is 0. The molecule has 1 aliphatic carbocycles. The number of hydrogen-bond acceptors (Lipinski definition) is 3. The average molecular weight is 229 g/mol. The molecule has 1 saturated carbocycles. The quantitative estimate of drug-likeness (QED) is 0.875. The van der Waals surface area contributed by atoms with Crippen molar-refractivity contribution in [2.24, 2.45) is 0 Å². The third-order valence-electron chi connectivity index (χ3n) is 3.24. The third-order valence-corrected chi connectivity index (χ3v) is 3.24. The highest BCUT2D eigenvalue weighted by Gasteiger charge is 2.31. The second-order valence-corrected chi connectivity index (χ2v) is 4.55. The first-order chi connectivity index (χ1) is 8.31. The van der Waals surface area contributed by atoms with Crippen LogP contribution in [0.3, 0.4) is 0 Å². The van der Waals surface area contributed by atoms with Gasteiger partial charge in [-0.3, -0.25) is 0 Å². The van der Waals surface area contributed by atoms with Gasteiger partial charge in [0, 0.05) is 5.92 Å². The van der Waals surface area contributed by atoms with Gasteiger partial charge in [0.15, 0.2) is 0 Å². The summed E-state index contributed by atoms with van der Waals surface area (Å²) in [5.74, 6) is 0.520. The number of benzene rings is 1. The molecule has 0 spiro atoms. The lowest BCUT2D eigenvalue weighted by Gasteiger charge is -2.08. The Morgan fingerprint density at radius 1 is 1.35 bits per heavy atom. The van der Waals surface area contributed by atoms with Crippen LogP contribution in [0.1, 0.15) is 35.7 Å². The van der Waals surface area contributed by atoms with E-state index in [1.54, 1.807) is 0 Å². The first kappa shape index (κ1) is 10.5. The summed E-state index contributed by atoms with van der Waals surface area (Å²) < 4.78 is 1.89. The summed E-state index contributed by atoms with van der Waals surface area (Å²) in [6.07, 6.45) is 2.35. The molecule has 0 amide bonds. The zero-order valence-electron chi connectivity index (χ0n) is 9.80. The fourth-order valence-corrected chi connectivity index (χ4v) is 2.18. The summed E-state index contributed by atoms with van der Waals surface area (Å²) in [6.45, 7) is 2.03. The number of para-hydroxylation sites is 1. The minimum absolute atomic E-state index is 0.0300. The standard InChI is InChI=1S/C13H15N3O/c1-9-4-2-3-5-12(9)16-13(10-6-7-10)11(8-17)14-15-16/h2-5,10,17H,6-8H2,1H3. The number of aliphatic hydroxyl groups excluding tert-OH is 1. The van der Waals surface area contributed by atoms with Crippen LogP contribution in [0.25, 0.3) is 5.69 Å². The van der Waals surface area contributed by atoms with E-state index in [0.29, 0.717) is 5.92 Å². The van der Waals surface area contributed by atoms with Crippen LogP contribution in [0.4, 0.5) is 0 Å². The maximum Gasteiger partial charge on any atom is 0.112 e. The summed E-state index contributed by atoms with van der Waals surface area (Å²) in [5, 5.41) is 17.6. The van der Waals surface area contributed by atoms with Gasteiger partial charge in [0.1, 0.15) is 5.69 Å². The molecule has 1 aliphatic rings. The summed E-state index contributed by atoms with van der Waals surface area (Å²) in [6, 6.07) is 8.11. The highest BCUT2D eigenvalue weighted by molar-refractivity contribution is 5.42. The molecule has 1 aromatic heterocycles. The summed E-state index contributed by atoms with van der Waals surface area (Å²) in [5.41, 5.74) is 4.03. The van der Waals surface area contributed by atoms with Crippen molar-refractivity contribution in [2.75, 3.05) is 0 Å². The molecule has 1 heterocycles. The van der Waals surface area contributed by atoms with E-state index < -0.39 is 0 Å². The molecule has 1 fully saturated rings. The Labute approximate surface area is 99.9 Å². The Hall–Kier alpha value is -1.68. The maximum absolute atomic E-state index is 9.31. The molecule has 0 saturated heterocycles. The highest BCUT2D eigenvalue weighted by atomic mass is 16.3. The molecular weight excluding hydrogens is 214 g/mol. The van der Waals surface area contributed by atoms with Crippen LogP contribution >= 0.6 is 0 Å². The number of aromatic nitrogens is 3. The Morgan fingerprint density at radius 2 is 2.12 bits per heavy atom. The monoisotopic (exact) mass is 229 g/mol. The van der Waals surface area contributed by atoms with Gasteiger partial charge in [-0.2, -0.15) is 0 Å². The van der Waals surface area contributed by atoms with Gasteiger partial charge < -0.3 is 5.11 Å². The van der Waals surface area contributed by atoms with Crippen molar-refractivity contribution in [1.29, 1.82) is 0 Å². The second kappa shape index (κ2) is 3.96. The van der Waals surface area contributed by atoms with Crippen molar-refractivity contribution in [3.05, 3.63) is 41.2 Å². The second-order valence-electron chi connectivity index (χ2n) is 4.55. The van der Waals surface area contributed by atoms with Gasteiger partial charge in [-0.1, -0.05) is 23.4 Å². The average Bonchev–Trinajstić information content (AvgIpc) is 3.10. The fraction of sp³-hybridized carbons (Fsp3) is 0.385. The molecule has 0 radical (unpaired) electrons. The van der Waals surface area contributed by atoms with Crippen LogP contribution in [-0.4, -0.2) is 20.1 Å². The van der Waals surface area contributed by atoms with Crippen molar-refractivity contribution in [3.63, 3.8) is 0 Å². The molecule has 0 bridgehead atoms. The molecule has 4 heteroatoms. The van der Waals surface area contributed by atoms with Crippen LogP contribution < -0.4 is 0 Å². The fourth-order valence-electron chi connectivity index (χ4n) is 2.18. The Kier molecular flexibility index (Phi) is 2.44. The van der Waals surface area contributed by atoms with Crippen molar-refractivity contribution in [3.8, 4) is 5.69 Å². The number of nitrogens with zero attached hydrogens (tertiary/aromatic N) is 3. The van der Waals surface area contributed by atoms with E-state index in [1.807, 2.05) is 22.9 Å². The van der Waals surface area contributed by atoms with Gasteiger partial charge in [-0.05, 0) is 31.4 Å². The maximum atomic E-state index is 9.31. The van der Waals surface area contributed by atoms with Crippen LogP contribution in [0.5, 0.6) is 0 Å². The normalized spacial score (nSPS) is 15.2. The third kappa shape index (κ3) is 1.74. The first-order valence-electron chi connectivity index (χ1n) is 5.92. The molecule has 1 aromatic carbocycles. The van der Waals surface area contributed by atoms with Gasteiger partial charge in [0.2, 0.25) is 0 Å². The molecule has 88 valence electrons. The van der Waals surface area contributed by atoms with E-state index in [1.165, 1.54) is 18.4 Å². The zero-order valence-corrected chi connectivity index (χ0v) is 9.80. The smallest absolute Gasteiger partial charge is 0.112 e. The Balaban J connectivity index is 2.14. The topological polar surface area (TPSA) is 50.9 Å². The molecule has 17 heavy (non-hydrogen) atoms. The van der Waals surface area contributed by atoms with Gasteiger partial charge in [-0.15, -0.1) is 5.10 Å².